The minimum absolute atomic E-state index is 1.16. The predicted octanol–water partition coefficient (Wildman–Crippen LogP) is 15.4. The molecule has 0 aliphatic carbocycles. The van der Waals surface area contributed by atoms with E-state index < -0.39 is 0 Å². The first-order valence-electron chi connectivity index (χ1n) is 19.6. The van der Waals surface area contributed by atoms with Crippen LogP contribution in [-0.2, 0) is 0 Å². The van der Waals surface area contributed by atoms with Crippen molar-refractivity contribution in [2.75, 3.05) is 0 Å². The Morgan fingerprint density at radius 3 is 1.47 bits per heavy atom. The fourth-order valence-corrected chi connectivity index (χ4v) is 11.0. The van der Waals surface area contributed by atoms with Crippen LogP contribution in [0, 0.1) is 0 Å². The Morgan fingerprint density at radius 2 is 0.789 bits per heavy atom. The molecular weight excluding hydrogens is 709 g/mol. The molecule has 0 atom stereocenters. The number of fused-ring (bicyclic) bond motifs is 16. The molecule has 0 saturated heterocycles. The molecule has 10 aromatic carbocycles. The number of aromatic nitrogens is 2. The van der Waals surface area contributed by atoms with Crippen molar-refractivity contribution >= 4 is 107 Å². The van der Waals surface area contributed by atoms with Crippen LogP contribution in [0.3, 0.4) is 0 Å². The molecule has 0 amide bonds. The highest BCUT2D eigenvalue weighted by atomic mass is 32.1. The van der Waals surface area contributed by atoms with Crippen molar-refractivity contribution in [2.24, 2.45) is 0 Å². The number of para-hydroxylation sites is 3. The first kappa shape index (κ1) is 31.1. The van der Waals surface area contributed by atoms with Gasteiger partial charge in [-0.25, -0.2) is 0 Å². The molecule has 13 rings (SSSR count). The van der Waals surface area contributed by atoms with E-state index >= 15 is 0 Å². The topological polar surface area (TPSA) is 9.86 Å². The van der Waals surface area contributed by atoms with Gasteiger partial charge >= 0.3 is 0 Å². The Morgan fingerprint density at radius 1 is 0.281 bits per heavy atom. The molecule has 0 spiro atoms. The highest BCUT2D eigenvalue weighted by molar-refractivity contribution is 7.26. The van der Waals surface area contributed by atoms with Gasteiger partial charge in [-0.1, -0.05) is 133 Å². The van der Waals surface area contributed by atoms with Gasteiger partial charge in [0.15, 0.2) is 0 Å². The van der Waals surface area contributed by atoms with E-state index in [1.165, 1.54) is 113 Å². The number of thiophene rings is 1. The van der Waals surface area contributed by atoms with Gasteiger partial charge in [0.25, 0.3) is 0 Å². The van der Waals surface area contributed by atoms with Gasteiger partial charge in [-0.15, -0.1) is 11.3 Å². The zero-order valence-electron chi connectivity index (χ0n) is 30.8. The van der Waals surface area contributed by atoms with Crippen LogP contribution in [0.5, 0.6) is 0 Å². The van der Waals surface area contributed by atoms with Crippen LogP contribution in [-0.4, -0.2) is 9.13 Å². The molecule has 0 unspecified atom stereocenters. The average Bonchev–Trinajstić information content (AvgIpc) is 3.94. The van der Waals surface area contributed by atoms with Crippen molar-refractivity contribution in [3.63, 3.8) is 0 Å². The van der Waals surface area contributed by atoms with Crippen molar-refractivity contribution in [3.8, 4) is 22.5 Å². The number of rotatable bonds is 3. The van der Waals surface area contributed by atoms with Crippen molar-refractivity contribution < 1.29 is 0 Å². The summed E-state index contributed by atoms with van der Waals surface area (Å²) < 4.78 is 7.52. The minimum atomic E-state index is 1.16. The van der Waals surface area contributed by atoms with Crippen LogP contribution in [0.1, 0.15) is 0 Å². The van der Waals surface area contributed by atoms with Gasteiger partial charge in [0.2, 0.25) is 0 Å². The summed E-state index contributed by atoms with van der Waals surface area (Å²) >= 11 is 1.91. The minimum Gasteiger partial charge on any atom is -0.309 e. The maximum atomic E-state index is 2.46. The molecule has 0 saturated carbocycles. The van der Waals surface area contributed by atoms with Crippen LogP contribution in [0.15, 0.2) is 194 Å². The summed E-state index contributed by atoms with van der Waals surface area (Å²) in [6.07, 6.45) is 0. The molecule has 0 radical (unpaired) electrons. The first-order valence-corrected chi connectivity index (χ1v) is 20.4. The Hall–Kier alpha value is -7.20. The fraction of sp³-hybridized carbons (Fsp3) is 0. The van der Waals surface area contributed by atoms with Crippen LogP contribution in [0.4, 0.5) is 0 Å². The SMILES string of the molecule is c1cc(-c2ccc3c4ccccc4c4ccccc4c3c2)cc(-n2c3ccccc3c3c4sc5ccc(-n6c7ccccc7c7ccccc76)cc5c4ccc32)c1. The van der Waals surface area contributed by atoms with Gasteiger partial charge in [-0.05, 0) is 104 Å². The lowest BCUT2D eigenvalue weighted by molar-refractivity contribution is 1.18. The Labute approximate surface area is 331 Å². The molecule has 0 aliphatic heterocycles. The van der Waals surface area contributed by atoms with E-state index in [0.717, 1.165) is 5.69 Å². The van der Waals surface area contributed by atoms with E-state index in [4.69, 9.17) is 0 Å². The maximum Gasteiger partial charge on any atom is 0.0555 e. The molecule has 264 valence electrons. The largest absolute Gasteiger partial charge is 0.309 e. The summed E-state index contributed by atoms with van der Waals surface area (Å²) in [7, 11) is 0. The lowest BCUT2D eigenvalue weighted by atomic mass is 9.92. The standard InChI is InChI=1S/C54H32N2S/c1-2-16-39-37(14-1)38-15-3-4-17-40(38)46-31-34(24-26-41(39)46)33-12-11-13-35(30-33)56-50-23-10-7-20-45(50)53-51(56)28-27-44-47-32-36(25-29-52(47)57-54(44)53)55-48-21-8-5-18-42(48)43-19-6-9-22-49(43)55/h1-32H. The summed E-state index contributed by atoms with van der Waals surface area (Å²) in [6.45, 7) is 0. The Bertz CT molecular complexity index is 3730. The van der Waals surface area contributed by atoms with Gasteiger partial charge in [-0.2, -0.15) is 0 Å². The van der Waals surface area contributed by atoms with E-state index in [-0.39, 0.29) is 0 Å². The highest BCUT2D eigenvalue weighted by Crippen LogP contribution is 2.45. The van der Waals surface area contributed by atoms with Crippen LogP contribution < -0.4 is 0 Å². The second kappa shape index (κ2) is 11.7. The third-order valence-corrected chi connectivity index (χ3v) is 13.5. The van der Waals surface area contributed by atoms with E-state index in [1.807, 2.05) is 11.3 Å². The number of nitrogens with zero attached hydrogens (tertiary/aromatic N) is 2. The van der Waals surface area contributed by atoms with E-state index in [1.54, 1.807) is 0 Å². The van der Waals surface area contributed by atoms with Crippen LogP contribution >= 0.6 is 11.3 Å². The fourth-order valence-electron chi connectivity index (χ4n) is 9.80. The van der Waals surface area contributed by atoms with E-state index in [0.29, 0.717) is 0 Å². The van der Waals surface area contributed by atoms with Crippen molar-refractivity contribution in [2.45, 2.75) is 0 Å². The van der Waals surface area contributed by atoms with Crippen molar-refractivity contribution in [3.05, 3.63) is 194 Å². The normalized spacial score (nSPS) is 12.2. The van der Waals surface area contributed by atoms with Gasteiger partial charge in [0.05, 0.1) is 22.1 Å². The lowest BCUT2D eigenvalue weighted by Crippen LogP contribution is -1.94. The second-order valence-corrected chi connectivity index (χ2v) is 16.3. The van der Waals surface area contributed by atoms with Crippen molar-refractivity contribution in [1.29, 1.82) is 0 Å². The average molecular weight is 741 g/mol. The molecule has 3 heteroatoms. The molecule has 3 heterocycles. The summed E-state index contributed by atoms with van der Waals surface area (Å²) in [5, 5.41) is 15.5. The molecule has 0 N–H and O–H groups in total. The predicted molar refractivity (Wildman–Crippen MR) is 246 cm³/mol. The summed E-state index contributed by atoms with van der Waals surface area (Å²) in [5.74, 6) is 0. The summed E-state index contributed by atoms with van der Waals surface area (Å²) in [6, 6.07) is 71.8. The Balaban J connectivity index is 1.00. The molecule has 0 aliphatic rings. The van der Waals surface area contributed by atoms with Crippen molar-refractivity contribution in [1.82, 2.24) is 9.13 Å². The Kier molecular flexibility index (Phi) is 6.35. The van der Waals surface area contributed by atoms with Gasteiger partial charge in [-0.3, -0.25) is 0 Å². The molecule has 2 nitrogen and oxygen atoms in total. The molecular formula is C54H32N2S. The first-order chi connectivity index (χ1) is 28.3. The molecule has 0 fully saturated rings. The molecule has 0 bridgehead atoms. The van der Waals surface area contributed by atoms with E-state index in [2.05, 4.69) is 203 Å². The van der Waals surface area contributed by atoms with E-state index in [9.17, 15) is 0 Å². The van der Waals surface area contributed by atoms with Gasteiger partial charge in [0.1, 0.15) is 0 Å². The highest BCUT2D eigenvalue weighted by Gasteiger charge is 2.19. The third-order valence-electron chi connectivity index (χ3n) is 12.3. The zero-order chi connectivity index (χ0) is 37.2. The molecule has 3 aromatic heterocycles. The molecule has 13 aromatic rings. The summed E-state index contributed by atoms with van der Waals surface area (Å²) in [5.41, 5.74) is 9.69. The maximum absolute atomic E-state index is 2.46. The smallest absolute Gasteiger partial charge is 0.0555 e. The quantitative estimate of drug-likeness (QED) is 0.160. The molecule has 57 heavy (non-hydrogen) atoms. The second-order valence-electron chi connectivity index (χ2n) is 15.2. The number of hydrogen-bond acceptors (Lipinski definition) is 1. The van der Waals surface area contributed by atoms with Gasteiger partial charge < -0.3 is 9.13 Å². The monoisotopic (exact) mass is 740 g/mol. The third kappa shape index (κ3) is 4.35. The van der Waals surface area contributed by atoms with Gasteiger partial charge in [0, 0.05) is 53.1 Å². The number of hydrogen-bond donors (Lipinski definition) is 0. The van der Waals surface area contributed by atoms with Crippen LogP contribution in [0.25, 0.3) is 119 Å². The lowest BCUT2D eigenvalue weighted by Gasteiger charge is -2.13. The zero-order valence-corrected chi connectivity index (χ0v) is 31.6. The summed E-state index contributed by atoms with van der Waals surface area (Å²) in [4.78, 5) is 0. The van der Waals surface area contributed by atoms with Crippen LogP contribution in [0.2, 0.25) is 0 Å². The number of benzene rings is 10.